The van der Waals surface area contributed by atoms with E-state index in [9.17, 15) is 8.42 Å². The van der Waals surface area contributed by atoms with Crippen LogP contribution in [0.15, 0.2) is 28.1 Å². The maximum atomic E-state index is 12.0. The van der Waals surface area contributed by atoms with E-state index in [1.54, 1.807) is 12.1 Å². The minimum absolute atomic E-state index is 0.0308. The van der Waals surface area contributed by atoms with E-state index in [1.165, 1.54) is 7.05 Å². The molecular formula is C10H11ClN2O2S. The third kappa shape index (κ3) is 1.60. The van der Waals surface area contributed by atoms with Crippen molar-refractivity contribution in [3.8, 4) is 0 Å². The molecular weight excluding hydrogens is 248 g/mol. The summed E-state index contributed by atoms with van der Waals surface area (Å²) in [5.41, 5.74) is 1.37. The highest BCUT2D eigenvalue weighted by atomic mass is 35.5. The van der Waals surface area contributed by atoms with Crippen LogP contribution >= 0.6 is 11.6 Å². The average molecular weight is 259 g/mol. The second kappa shape index (κ2) is 3.75. The molecule has 0 unspecified atom stereocenters. The van der Waals surface area contributed by atoms with Crippen molar-refractivity contribution in [1.29, 1.82) is 0 Å². The number of fused-ring (bicyclic) bond motifs is 1. The van der Waals surface area contributed by atoms with Crippen LogP contribution in [0, 0.1) is 0 Å². The molecule has 0 saturated heterocycles. The lowest BCUT2D eigenvalue weighted by molar-refractivity contribution is 0.552. The average Bonchev–Trinajstić information content (AvgIpc) is 2.26. The van der Waals surface area contributed by atoms with E-state index in [0.29, 0.717) is 5.69 Å². The predicted molar refractivity (Wildman–Crippen MR) is 63.7 cm³/mol. The summed E-state index contributed by atoms with van der Waals surface area (Å²) < 4.78 is 25.1. The number of aryl methyl sites for hydroxylation is 1. The van der Waals surface area contributed by atoms with Gasteiger partial charge >= 0.3 is 0 Å². The van der Waals surface area contributed by atoms with E-state index in [4.69, 9.17) is 11.6 Å². The van der Waals surface area contributed by atoms with Gasteiger partial charge in [-0.25, -0.2) is 17.7 Å². The number of amidine groups is 1. The van der Waals surface area contributed by atoms with E-state index >= 15 is 0 Å². The van der Waals surface area contributed by atoms with E-state index in [2.05, 4.69) is 4.99 Å². The van der Waals surface area contributed by atoms with Crippen molar-refractivity contribution in [2.75, 3.05) is 7.05 Å². The number of sulfonamides is 1. The lowest BCUT2D eigenvalue weighted by atomic mass is 10.1. The van der Waals surface area contributed by atoms with Crippen molar-refractivity contribution in [2.24, 2.45) is 4.99 Å². The van der Waals surface area contributed by atoms with Crippen LogP contribution in [0.25, 0.3) is 0 Å². The Morgan fingerprint density at radius 3 is 2.75 bits per heavy atom. The van der Waals surface area contributed by atoms with Crippen molar-refractivity contribution in [2.45, 2.75) is 18.2 Å². The fraction of sp³-hybridized carbons (Fsp3) is 0.300. The first-order valence-corrected chi connectivity index (χ1v) is 6.64. The summed E-state index contributed by atoms with van der Waals surface area (Å²) in [5, 5.41) is -0.0308. The van der Waals surface area contributed by atoms with Crippen LogP contribution in [0.1, 0.15) is 12.5 Å². The van der Waals surface area contributed by atoms with E-state index in [0.717, 1.165) is 16.3 Å². The summed E-state index contributed by atoms with van der Waals surface area (Å²) in [5.74, 6) is 0. The minimum atomic E-state index is -3.53. The van der Waals surface area contributed by atoms with E-state index < -0.39 is 10.0 Å². The van der Waals surface area contributed by atoms with Crippen LogP contribution in [-0.2, 0) is 16.4 Å². The monoisotopic (exact) mass is 258 g/mol. The molecule has 2 rings (SSSR count). The predicted octanol–water partition coefficient (Wildman–Crippen LogP) is 2.11. The van der Waals surface area contributed by atoms with Gasteiger partial charge in [-0.2, -0.15) is 0 Å². The zero-order chi connectivity index (χ0) is 11.9. The van der Waals surface area contributed by atoms with Crippen LogP contribution in [0.2, 0.25) is 0 Å². The Kier molecular flexibility index (Phi) is 2.67. The molecule has 4 nitrogen and oxygen atoms in total. The van der Waals surface area contributed by atoms with Crippen molar-refractivity contribution in [1.82, 2.24) is 4.31 Å². The topological polar surface area (TPSA) is 49.7 Å². The number of hydrogen-bond acceptors (Lipinski definition) is 3. The first-order valence-electron chi connectivity index (χ1n) is 4.83. The number of halogens is 1. The Labute approximate surface area is 99.6 Å². The second-order valence-corrected chi connectivity index (χ2v) is 5.78. The van der Waals surface area contributed by atoms with Gasteiger partial charge < -0.3 is 0 Å². The quantitative estimate of drug-likeness (QED) is 0.725. The maximum Gasteiger partial charge on any atom is 0.268 e. The smallest absolute Gasteiger partial charge is 0.243 e. The number of aliphatic imine (C=N–C) groups is 1. The number of rotatable bonds is 1. The Bertz CT molecular complexity index is 566. The SMILES string of the molecule is CCc1ccc2c(c1)S(=O)(=O)N(C)C(Cl)=N2. The lowest BCUT2D eigenvalue weighted by Gasteiger charge is -2.23. The van der Waals surface area contributed by atoms with Gasteiger partial charge in [-0.1, -0.05) is 13.0 Å². The fourth-order valence-corrected chi connectivity index (χ4v) is 3.07. The van der Waals surface area contributed by atoms with Gasteiger partial charge in [0.1, 0.15) is 4.90 Å². The summed E-state index contributed by atoms with van der Waals surface area (Å²) in [7, 11) is -2.14. The molecule has 0 aromatic heterocycles. The highest BCUT2D eigenvalue weighted by Crippen LogP contribution is 2.33. The van der Waals surface area contributed by atoms with E-state index in [-0.39, 0.29) is 10.2 Å². The van der Waals surface area contributed by atoms with Crippen molar-refractivity contribution in [3.63, 3.8) is 0 Å². The standard InChI is InChI=1S/C10H11ClN2O2S/c1-3-7-4-5-8-9(6-7)16(14,15)13(2)10(11)12-8/h4-6H,3H2,1-2H3. The van der Waals surface area contributed by atoms with Crippen molar-refractivity contribution >= 4 is 32.6 Å². The summed E-state index contributed by atoms with van der Waals surface area (Å²) in [4.78, 5) is 4.25. The minimum Gasteiger partial charge on any atom is -0.243 e. The third-order valence-corrected chi connectivity index (χ3v) is 4.76. The van der Waals surface area contributed by atoms with Gasteiger partial charge in [0.15, 0.2) is 0 Å². The molecule has 1 heterocycles. The largest absolute Gasteiger partial charge is 0.268 e. The molecule has 0 amide bonds. The second-order valence-electron chi connectivity index (χ2n) is 3.51. The summed E-state index contributed by atoms with van der Waals surface area (Å²) in [6.45, 7) is 1.97. The molecule has 86 valence electrons. The molecule has 0 aliphatic carbocycles. The molecule has 0 N–H and O–H groups in total. The van der Waals surface area contributed by atoms with Crippen LogP contribution in [0.4, 0.5) is 5.69 Å². The molecule has 0 fully saturated rings. The Morgan fingerprint density at radius 2 is 2.12 bits per heavy atom. The van der Waals surface area contributed by atoms with Crippen LogP contribution in [0.3, 0.4) is 0 Å². The Balaban J connectivity index is 2.73. The molecule has 1 aromatic rings. The molecule has 0 saturated carbocycles. The molecule has 0 spiro atoms. The van der Waals surface area contributed by atoms with Crippen LogP contribution in [0.5, 0.6) is 0 Å². The molecule has 1 aliphatic rings. The molecule has 0 radical (unpaired) electrons. The third-order valence-electron chi connectivity index (χ3n) is 2.54. The highest BCUT2D eigenvalue weighted by molar-refractivity contribution is 7.90. The zero-order valence-corrected chi connectivity index (χ0v) is 10.5. The van der Waals surface area contributed by atoms with Gasteiger partial charge in [0.25, 0.3) is 10.0 Å². The zero-order valence-electron chi connectivity index (χ0n) is 8.94. The lowest BCUT2D eigenvalue weighted by Crippen LogP contribution is -2.32. The summed E-state index contributed by atoms with van der Waals surface area (Å²) in [6.07, 6.45) is 0.782. The van der Waals surface area contributed by atoms with Gasteiger partial charge in [-0.3, -0.25) is 0 Å². The van der Waals surface area contributed by atoms with Crippen LogP contribution in [-0.4, -0.2) is 25.1 Å². The van der Waals surface area contributed by atoms with E-state index in [1.807, 2.05) is 13.0 Å². The Hall–Kier alpha value is -1.07. The number of benzene rings is 1. The summed E-state index contributed by atoms with van der Waals surface area (Å²) in [6, 6.07) is 5.18. The first-order chi connectivity index (χ1) is 7.46. The maximum absolute atomic E-state index is 12.0. The normalized spacial score (nSPS) is 17.9. The molecule has 0 bridgehead atoms. The van der Waals surface area contributed by atoms with Gasteiger partial charge in [0.05, 0.1) is 5.69 Å². The summed E-state index contributed by atoms with van der Waals surface area (Å²) >= 11 is 5.75. The van der Waals surface area contributed by atoms with Crippen LogP contribution < -0.4 is 0 Å². The fourth-order valence-electron chi connectivity index (χ4n) is 1.49. The molecule has 16 heavy (non-hydrogen) atoms. The highest BCUT2D eigenvalue weighted by Gasteiger charge is 2.30. The number of hydrogen-bond donors (Lipinski definition) is 0. The Morgan fingerprint density at radius 1 is 1.44 bits per heavy atom. The van der Waals surface area contributed by atoms with Gasteiger partial charge in [0.2, 0.25) is 5.29 Å². The van der Waals surface area contributed by atoms with Crippen molar-refractivity contribution in [3.05, 3.63) is 23.8 Å². The van der Waals surface area contributed by atoms with Gasteiger partial charge in [-0.15, -0.1) is 0 Å². The first kappa shape index (κ1) is 11.4. The molecule has 1 aliphatic heterocycles. The molecule has 1 aromatic carbocycles. The number of nitrogens with zero attached hydrogens (tertiary/aromatic N) is 2. The van der Waals surface area contributed by atoms with Gasteiger partial charge in [-0.05, 0) is 35.7 Å². The van der Waals surface area contributed by atoms with Gasteiger partial charge in [0, 0.05) is 7.05 Å². The molecule has 6 heteroatoms. The van der Waals surface area contributed by atoms with Crippen molar-refractivity contribution < 1.29 is 8.42 Å². The molecule has 0 atom stereocenters.